The minimum atomic E-state index is -0.468. The number of ether oxygens (including phenoxy) is 1. The number of amides is 2. The van der Waals surface area contributed by atoms with Crippen molar-refractivity contribution in [2.75, 3.05) is 25.6 Å². The molecule has 0 fully saturated rings. The SMILES string of the molecule is COCCCNC(=O)c1c(NC(=O)c2cccc(F)c2)sc2c1CCCC2. The van der Waals surface area contributed by atoms with Gasteiger partial charge in [-0.3, -0.25) is 9.59 Å². The Bertz CT molecular complexity index is 835. The van der Waals surface area contributed by atoms with Crippen LogP contribution in [0.5, 0.6) is 0 Å². The molecule has 2 N–H and O–H groups in total. The zero-order valence-electron chi connectivity index (χ0n) is 15.3. The van der Waals surface area contributed by atoms with E-state index in [0.717, 1.165) is 42.5 Å². The summed E-state index contributed by atoms with van der Waals surface area (Å²) in [5.41, 5.74) is 1.81. The average molecular weight is 390 g/mol. The second-order valence-electron chi connectivity index (χ2n) is 6.48. The van der Waals surface area contributed by atoms with Gasteiger partial charge in [-0.25, -0.2) is 4.39 Å². The first-order chi connectivity index (χ1) is 13.1. The molecule has 2 amide bonds. The van der Waals surface area contributed by atoms with Gasteiger partial charge in [0.1, 0.15) is 10.8 Å². The lowest BCUT2D eigenvalue weighted by molar-refractivity contribution is 0.0948. The molecular weight excluding hydrogens is 367 g/mol. The van der Waals surface area contributed by atoms with E-state index in [1.165, 1.54) is 29.5 Å². The van der Waals surface area contributed by atoms with Crippen molar-refractivity contribution in [2.24, 2.45) is 0 Å². The molecule has 0 radical (unpaired) electrons. The Morgan fingerprint density at radius 3 is 2.81 bits per heavy atom. The highest BCUT2D eigenvalue weighted by Gasteiger charge is 2.26. The van der Waals surface area contributed by atoms with Gasteiger partial charge in [-0.1, -0.05) is 6.07 Å². The maximum Gasteiger partial charge on any atom is 0.256 e. The minimum absolute atomic E-state index is 0.181. The molecule has 1 aliphatic carbocycles. The molecule has 0 saturated heterocycles. The van der Waals surface area contributed by atoms with E-state index >= 15 is 0 Å². The number of benzene rings is 1. The van der Waals surface area contributed by atoms with Crippen LogP contribution in [0, 0.1) is 5.82 Å². The Morgan fingerprint density at radius 2 is 2.04 bits per heavy atom. The standard InChI is InChI=1S/C20H23FN2O3S/c1-26-11-5-10-22-19(25)17-15-8-2-3-9-16(15)27-20(17)23-18(24)13-6-4-7-14(21)12-13/h4,6-7,12H,2-3,5,8-11H2,1H3,(H,22,25)(H,23,24). The normalized spacial score (nSPS) is 13.1. The van der Waals surface area contributed by atoms with Gasteiger partial charge in [0.15, 0.2) is 0 Å². The van der Waals surface area contributed by atoms with Gasteiger partial charge in [-0.05, 0) is 55.9 Å². The van der Waals surface area contributed by atoms with Crippen molar-refractivity contribution in [3.63, 3.8) is 0 Å². The Balaban J connectivity index is 1.82. The molecule has 0 atom stereocenters. The van der Waals surface area contributed by atoms with Gasteiger partial charge in [-0.15, -0.1) is 11.3 Å². The predicted molar refractivity (Wildman–Crippen MR) is 104 cm³/mol. The maximum absolute atomic E-state index is 13.4. The van der Waals surface area contributed by atoms with Crippen LogP contribution in [0.3, 0.4) is 0 Å². The van der Waals surface area contributed by atoms with Crippen molar-refractivity contribution in [1.82, 2.24) is 5.32 Å². The molecule has 0 aliphatic heterocycles. The molecule has 5 nitrogen and oxygen atoms in total. The first-order valence-corrected chi connectivity index (χ1v) is 9.90. The summed E-state index contributed by atoms with van der Waals surface area (Å²) in [6.07, 6.45) is 4.59. The van der Waals surface area contributed by atoms with Crippen LogP contribution >= 0.6 is 11.3 Å². The lowest BCUT2D eigenvalue weighted by atomic mass is 9.95. The molecule has 27 heavy (non-hydrogen) atoms. The van der Waals surface area contributed by atoms with Crippen LogP contribution in [-0.2, 0) is 17.6 Å². The van der Waals surface area contributed by atoms with Crippen LogP contribution in [0.25, 0.3) is 0 Å². The van der Waals surface area contributed by atoms with Gasteiger partial charge in [0.05, 0.1) is 5.56 Å². The first kappa shape index (κ1) is 19.5. The third kappa shape index (κ3) is 4.73. The number of methoxy groups -OCH3 is 1. The number of aryl methyl sites for hydroxylation is 1. The number of hydrogen-bond donors (Lipinski definition) is 2. The summed E-state index contributed by atoms with van der Waals surface area (Å²) in [7, 11) is 1.62. The van der Waals surface area contributed by atoms with Crippen LogP contribution in [-0.4, -0.2) is 32.1 Å². The number of thiophene rings is 1. The van der Waals surface area contributed by atoms with E-state index in [1.54, 1.807) is 13.2 Å². The third-order valence-corrected chi connectivity index (χ3v) is 5.73. The molecule has 0 saturated carbocycles. The molecule has 1 aromatic heterocycles. The largest absolute Gasteiger partial charge is 0.385 e. The molecule has 3 rings (SSSR count). The van der Waals surface area contributed by atoms with Crippen LogP contribution in [0.2, 0.25) is 0 Å². The van der Waals surface area contributed by atoms with Gasteiger partial charge in [0.2, 0.25) is 0 Å². The van der Waals surface area contributed by atoms with Gasteiger partial charge >= 0.3 is 0 Å². The van der Waals surface area contributed by atoms with Crippen molar-refractivity contribution >= 4 is 28.2 Å². The Morgan fingerprint density at radius 1 is 1.22 bits per heavy atom. The number of rotatable bonds is 7. The van der Waals surface area contributed by atoms with Crippen molar-refractivity contribution in [1.29, 1.82) is 0 Å². The third-order valence-electron chi connectivity index (χ3n) is 4.52. The molecular formula is C20H23FN2O3S. The van der Waals surface area contributed by atoms with E-state index < -0.39 is 11.7 Å². The van der Waals surface area contributed by atoms with E-state index in [-0.39, 0.29) is 11.5 Å². The van der Waals surface area contributed by atoms with E-state index in [1.807, 2.05) is 0 Å². The second-order valence-corrected chi connectivity index (χ2v) is 7.59. The summed E-state index contributed by atoms with van der Waals surface area (Å²) in [4.78, 5) is 26.5. The van der Waals surface area contributed by atoms with E-state index in [2.05, 4.69) is 10.6 Å². The number of fused-ring (bicyclic) bond motifs is 1. The summed E-state index contributed by atoms with van der Waals surface area (Å²) in [5, 5.41) is 6.27. The fourth-order valence-corrected chi connectivity index (χ4v) is 4.49. The first-order valence-electron chi connectivity index (χ1n) is 9.08. The van der Waals surface area contributed by atoms with E-state index in [4.69, 9.17) is 4.74 Å². The molecule has 2 aromatic rings. The van der Waals surface area contributed by atoms with Crippen molar-refractivity contribution in [3.8, 4) is 0 Å². The highest BCUT2D eigenvalue weighted by molar-refractivity contribution is 7.17. The molecule has 1 heterocycles. The number of anilines is 1. The van der Waals surface area contributed by atoms with Crippen molar-refractivity contribution < 1.29 is 18.7 Å². The smallest absolute Gasteiger partial charge is 0.256 e. The van der Waals surface area contributed by atoms with E-state index in [9.17, 15) is 14.0 Å². The number of carbonyl (C=O) groups excluding carboxylic acids is 2. The summed E-state index contributed by atoms with van der Waals surface area (Å²) < 4.78 is 18.4. The lowest BCUT2D eigenvalue weighted by Crippen LogP contribution is -2.27. The number of hydrogen-bond acceptors (Lipinski definition) is 4. The minimum Gasteiger partial charge on any atom is -0.385 e. The van der Waals surface area contributed by atoms with Crippen LogP contribution in [0.1, 0.15) is 50.4 Å². The molecule has 144 valence electrons. The topological polar surface area (TPSA) is 67.4 Å². The summed E-state index contributed by atoms with van der Waals surface area (Å²) in [6, 6.07) is 5.52. The van der Waals surface area contributed by atoms with Crippen molar-refractivity contribution in [3.05, 3.63) is 51.7 Å². The molecule has 7 heteroatoms. The molecule has 1 aromatic carbocycles. The zero-order chi connectivity index (χ0) is 19.2. The molecule has 0 spiro atoms. The van der Waals surface area contributed by atoms with Crippen LogP contribution in [0.15, 0.2) is 24.3 Å². The average Bonchev–Trinajstić information content (AvgIpc) is 3.03. The summed E-state index contributed by atoms with van der Waals surface area (Å²) in [6.45, 7) is 1.08. The van der Waals surface area contributed by atoms with Gasteiger partial charge in [-0.2, -0.15) is 0 Å². The quantitative estimate of drug-likeness (QED) is 0.707. The Kier molecular flexibility index (Phi) is 6.58. The highest BCUT2D eigenvalue weighted by atomic mass is 32.1. The fourth-order valence-electron chi connectivity index (χ4n) is 3.21. The van der Waals surface area contributed by atoms with E-state index in [0.29, 0.717) is 23.7 Å². The Labute approximate surface area is 161 Å². The molecule has 0 unspecified atom stereocenters. The lowest BCUT2D eigenvalue weighted by Gasteiger charge is -2.13. The Hall–Kier alpha value is -2.25. The number of nitrogens with one attached hydrogen (secondary N) is 2. The fraction of sp³-hybridized carbons (Fsp3) is 0.400. The molecule has 1 aliphatic rings. The summed E-state index contributed by atoms with van der Waals surface area (Å²) >= 11 is 1.45. The maximum atomic E-state index is 13.4. The van der Waals surface area contributed by atoms with Crippen LogP contribution < -0.4 is 10.6 Å². The monoisotopic (exact) mass is 390 g/mol. The van der Waals surface area contributed by atoms with Gasteiger partial charge in [0, 0.05) is 30.7 Å². The number of halogens is 1. The number of carbonyl (C=O) groups is 2. The second kappa shape index (κ2) is 9.10. The van der Waals surface area contributed by atoms with Gasteiger partial charge in [0.25, 0.3) is 11.8 Å². The van der Waals surface area contributed by atoms with Crippen LogP contribution in [0.4, 0.5) is 9.39 Å². The zero-order valence-corrected chi connectivity index (χ0v) is 16.1. The van der Waals surface area contributed by atoms with Crippen molar-refractivity contribution in [2.45, 2.75) is 32.1 Å². The summed E-state index contributed by atoms with van der Waals surface area (Å²) in [5.74, 6) is -1.06. The highest BCUT2D eigenvalue weighted by Crippen LogP contribution is 2.38. The predicted octanol–water partition coefficient (Wildman–Crippen LogP) is 3.78. The molecule has 0 bridgehead atoms. The van der Waals surface area contributed by atoms with Gasteiger partial charge < -0.3 is 15.4 Å².